The number of hydrogen-bond acceptors (Lipinski definition) is 3. The van der Waals surface area contributed by atoms with Gasteiger partial charge in [-0.2, -0.15) is 0 Å². The average molecular weight is 297 g/mol. The Bertz CT molecular complexity index is 916. The largest absolute Gasteiger partial charge is 0.242 e. The summed E-state index contributed by atoms with van der Waals surface area (Å²) in [4.78, 5) is 10.2. The third kappa shape index (κ3) is 1.87. The fourth-order valence-corrected chi connectivity index (χ4v) is 3.30. The van der Waals surface area contributed by atoms with E-state index in [-0.39, 0.29) is 0 Å². The number of halogens is 1. The van der Waals surface area contributed by atoms with Gasteiger partial charge in [0.05, 0.1) is 15.9 Å². The van der Waals surface area contributed by atoms with E-state index in [2.05, 4.69) is 28.2 Å². The molecular formula is C16H9ClN2S. The predicted molar refractivity (Wildman–Crippen MR) is 85.4 cm³/mol. The molecule has 0 atom stereocenters. The lowest BCUT2D eigenvalue weighted by atomic mass is 10.1. The molecule has 0 N–H and O–H groups in total. The van der Waals surface area contributed by atoms with E-state index in [0.717, 1.165) is 32.4 Å². The van der Waals surface area contributed by atoms with Crippen molar-refractivity contribution in [1.29, 1.82) is 0 Å². The third-order valence-electron chi connectivity index (χ3n) is 3.24. The Labute approximate surface area is 124 Å². The lowest BCUT2D eigenvalue weighted by Gasteiger charge is -2.05. The van der Waals surface area contributed by atoms with Gasteiger partial charge in [0.25, 0.3) is 0 Å². The first kappa shape index (κ1) is 11.8. The third-order valence-corrected chi connectivity index (χ3v) is 4.38. The van der Waals surface area contributed by atoms with Crippen LogP contribution in [0.1, 0.15) is 0 Å². The lowest BCUT2D eigenvalue weighted by Crippen LogP contribution is -1.90. The second-order valence-corrected chi connectivity index (χ2v) is 5.83. The van der Waals surface area contributed by atoms with Gasteiger partial charge in [-0.05, 0) is 34.4 Å². The number of hydrogen-bond donors (Lipinski definition) is 0. The molecule has 0 saturated heterocycles. The summed E-state index contributed by atoms with van der Waals surface area (Å²) in [6, 6.07) is 16.3. The van der Waals surface area contributed by atoms with Crippen LogP contribution in [0, 0.1) is 0 Å². The zero-order chi connectivity index (χ0) is 13.5. The Morgan fingerprint density at radius 1 is 0.850 bits per heavy atom. The molecule has 2 aromatic heterocycles. The number of thiophene rings is 1. The highest BCUT2D eigenvalue weighted by atomic mass is 35.5. The highest BCUT2D eigenvalue weighted by Crippen LogP contribution is 2.31. The van der Waals surface area contributed by atoms with Crippen molar-refractivity contribution in [2.45, 2.75) is 0 Å². The highest BCUT2D eigenvalue weighted by molar-refractivity contribution is 7.13. The quantitative estimate of drug-likeness (QED) is 0.453. The smallest absolute Gasteiger partial charge is 0.156 e. The van der Waals surface area contributed by atoms with Gasteiger partial charge in [0, 0.05) is 0 Å². The fraction of sp³-hybridized carbons (Fsp3) is 0. The van der Waals surface area contributed by atoms with Crippen LogP contribution in [-0.4, -0.2) is 9.97 Å². The maximum Gasteiger partial charge on any atom is 0.156 e. The standard InChI is InChI=1S/C16H9ClN2S/c17-16-15(14-6-3-7-20-14)18-12-8-10-4-1-2-5-11(10)9-13(12)19-16/h1-9H. The second-order valence-electron chi connectivity index (χ2n) is 4.53. The molecule has 0 bridgehead atoms. The van der Waals surface area contributed by atoms with Gasteiger partial charge in [0.1, 0.15) is 5.69 Å². The molecule has 0 radical (unpaired) electrons. The fourth-order valence-electron chi connectivity index (χ4n) is 2.29. The van der Waals surface area contributed by atoms with Crippen molar-refractivity contribution in [3.63, 3.8) is 0 Å². The van der Waals surface area contributed by atoms with E-state index in [1.165, 1.54) is 0 Å². The van der Waals surface area contributed by atoms with Crippen molar-refractivity contribution >= 4 is 44.7 Å². The number of fused-ring (bicyclic) bond motifs is 2. The minimum Gasteiger partial charge on any atom is -0.242 e. The average Bonchev–Trinajstić information content (AvgIpc) is 2.98. The van der Waals surface area contributed by atoms with Crippen LogP contribution < -0.4 is 0 Å². The van der Waals surface area contributed by atoms with E-state index in [1.54, 1.807) is 11.3 Å². The van der Waals surface area contributed by atoms with Crippen molar-refractivity contribution in [2.24, 2.45) is 0 Å². The molecule has 2 heterocycles. The molecule has 20 heavy (non-hydrogen) atoms. The van der Waals surface area contributed by atoms with Gasteiger partial charge < -0.3 is 0 Å². The SMILES string of the molecule is Clc1nc2cc3ccccc3cc2nc1-c1cccs1. The van der Waals surface area contributed by atoms with E-state index >= 15 is 0 Å². The minimum absolute atomic E-state index is 0.454. The summed E-state index contributed by atoms with van der Waals surface area (Å²) in [5.74, 6) is 0. The van der Waals surface area contributed by atoms with Crippen molar-refractivity contribution in [3.05, 3.63) is 59.1 Å². The summed E-state index contributed by atoms with van der Waals surface area (Å²) in [5, 5.41) is 4.77. The maximum atomic E-state index is 6.28. The van der Waals surface area contributed by atoms with Crippen molar-refractivity contribution < 1.29 is 0 Å². The summed E-state index contributed by atoms with van der Waals surface area (Å²) in [6.07, 6.45) is 0. The molecule has 4 rings (SSSR count). The molecular weight excluding hydrogens is 288 g/mol. The number of benzene rings is 2. The van der Waals surface area contributed by atoms with Gasteiger partial charge in [0.15, 0.2) is 5.15 Å². The van der Waals surface area contributed by atoms with E-state index in [1.807, 2.05) is 35.7 Å². The van der Waals surface area contributed by atoms with E-state index < -0.39 is 0 Å². The molecule has 0 aliphatic rings. The lowest BCUT2D eigenvalue weighted by molar-refractivity contribution is 1.31. The van der Waals surface area contributed by atoms with Crippen LogP contribution in [0.4, 0.5) is 0 Å². The monoisotopic (exact) mass is 296 g/mol. The second kappa shape index (κ2) is 4.54. The predicted octanol–water partition coefficient (Wildman–Crippen LogP) is 5.16. The molecule has 0 aliphatic carbocycles. The first-order valence-electron chi connectivity index (χ1n) is 6.21. The molecule has 0 fully saturated rings. The Morgan fingerprint density at radius 3 is 2.20 bits per heavy atom. The summed E-state index contributed by atoms with van der Waals surface area (Å²) in [5.41, 5.74) is 2.45. The van der Waals surface area contributed by atoms with Gasteiger partial charge in [-0.3, -0.25) is 0 Å². The van der Waals surface area contributed by atoms with Crippen LogP contribution in [0.3, 0.4) is 0 Å². The van der Waals surface area contributed by atoms with E-state index in [4.69, 9.17) is 11.6 Å². The van der Waals surface area contributed by atoms with Crippen molar-refractivity contribution in [1.82, 2.24) is 9.97 Å². The van der Waals surface area contributed by atoms with Gasteiger partial charge in [-0.25, -0.2) is 9.97 Å². The summed E-state index contributed by atoms with van der Waals surface area (Å²) >= 11 is 7.89. The molecule has 0 aliphatic heterocycles. The molecule has 0 amide bonds. The van der Waals surface area contributed by atoms with Gasteiger partial charge in [-0.1, -0.05) is 41.9 Å². The molecule has 0 saturated carbocycles. The Balaban J connectivity index is 2.05. The number of rotatable bonds is 1. The van der Waals surface area contributed by atoms with Crippen LogP contribution in [0.2, 0.25) is 5.15 Å². The first-order valence-corrected chi connectivity index (χ1v) is 7.47. The van der Waals surface area contributed by atoms with Crippen LogP contribution in [-0.2, 0) is 0 Å². The normalized spacial score (nSPS) is 11.2. The van der Waals surface area contributed by atoms with Gasteiger partial charge >= 0.3 is 0 Å². The van der Waals surface area contributed by atoms with Crippen molar-refractivity contribution in [2.75, 3.05) is 0 Å². The molecule has 0 spiro atoms. The minimum atomic E-state index is 0.454. The Hall–Kier alpha value is -1.97. The maximum absolute atomic E-state index is 6.28. The molecule has 2 nitrogen and oxygen atoms in total. The molecule has 4 aromatic rings. The van der Waals surface area contributed by atoms with E-state index in [9.17, 15) is 0 Å². The van der Waals surface area contributed by atoms with E-state index in [0.29, 0.717) is 5.15 Å². The van der Waals surface area contributed by atoms with Crippen LogP contribution in [0.15, 0.2) is 53.9 Å². The molecule has 2 aromatic carbocycles. The topological polar surface area (TPSA) is 25.8 Å². The highest BCUT2D eigenvalue weighted by Gasteiger charge is 2.10. The van der Waals surface area contributed by atoms with Crippen LogP contribution in [0.5, 0.6) is 0 Å². The first-order chi connectivity index (χ1) is 9.81. The summed E-state index contributed by atoms with van der Waals surface area (Å²) in [7, 11) is 0. The zero-order valence-electron chi connectivity index (χ0n) is 10.4. The molecule has 0 unspecified atom stereocenters. The summed E-state index contributed by atoms with van der Waals surface area (Å²) < 4.78 is 0. The number of aromatic nitrogens is 2. The molecule has 4 heteroatoms. The Morgan fingerprint density at radius 2 is 1.55 bits per heavy atom. The zero-order valence-corrected chi connectivity index (χ0v) is 11.9. The Kier molecular flexibility index (Phi) is 2.69. The summed E-state index contributed by atoms with van der Waals surface area (Å²) in [6.45, 7) is 0. The number of nitrogens with zero attached hydrogens (tertiary/aromatic N) is 2. The molecule has 96 valence electrons. The van der Waals surface area contributed by atoms with Crippen LogP contribution >= 0.6 is 22.9 Å². The van der Waals surface area contributed by atoms with Gasteiger partial charge in [0.2, 0.25) is 0 Å². The van der Waals surface area contributed by atoms with Crippen LogP contribution in [0.25, 0.3) is 32.4 Å². The van der Waals surface area contributed by atoms with Gasteiger partial charge in [-0.15, -0.1) is 11.3 Å². The van der Waals surface area contributed by atoms with Crippen molar-refractivity contribution in [3.8, 4) is 10.6 Å².